The van der Waals surface area contributed by atoms with E-state index in [9.17, 15) is 14.7 Å². The highest BCUT2D eigenvalue weighted by Gasteiger charge is 2.18. The van der Waals surface area contributed by atoms with E-state index in [1.807, 2.05) is 6.92 Å². The summed E-state index contributed by atoms with van der Waals surface area (Å²) < 4.78 is 1.45. The molecule has 0 spiro atoms. The van der Waals surface area contributed by atoms with Gasteiger partial charge in [-0.3, -0.25) is 9.20 Å². The third-order valence-electron chi connectivity index (χ3n) is 5.37. The van der Waals surface area contributed by atoms with E-state index in [1.165, 1.54) is 4.40 Å². The molecule has 0 saturated heterocycles. The Morgan fingerprint density at radius 3 is 2.80 bits per heavy atom. The molecule has 7 heteroatoms. The first kappa shape index (κ1) is 20.2. The summed E-state index contributed by atoms with van der Waals surface area (Å²) in [6.07, 6.45) is 7.86. The topological polar surface area (TPSA) is 83.7 Å². The zero-order valence-corrected chi connectivity index (χ0v) is 17.3. The number of anilines is 1. The quantitative estimate of drug-likeness (QED) is 0.591. The smallest absolute Gasteiger partial charge is 0.337 e. The lowest BCUT2D eigenvalue weighted by molar-refractivity contribution is 0.0698. The van der Waals surface area contributed by atoms with E-state index in [4.69, 9.17) is 16.6 Å². The number of hydrogen-bond donors (Lipinski definition) is 2. The van der Waals surface area contributed by atoms with E-state index in [0.29, 0.717) is 22.1 Å². The molecule has 1 aliphatic rings. The van der Waals surface area contributed by atoms with Gasteiger partial charge >= 0.3 is 5.97 Å². The summed E-state index contributed by atoms with van der Waals surface area (Å²) in [7, 11) is 0. The van der Waals surface area contributed by atoms with Gasteiger partial charge in [0, 0.05) is 23.5 Å². The van der Waals surface area contributed by atoms with Gasteiger partial charge in [0.25, 0.3) is 5.56 Å². The second-order valence-corrected chi connectivity index (χ2v) is 7.92. The van der Waals surface area contributed by atoms with Crippen LogP contribution in [-0.2, 0) is 0 Å². The number of allylic oxidation sites excluding steroid dienone is 2. The lowest BCUT2D eigenvalue weighted by atomic mass is 9.97. The minimum absolute atomic E-state index is 0.175. The average Bonchev–Trinajstić information content (AvgIpc) is 2.74. The number of nitrogens with one attached hydrogen (secondary N) is 1. The van der Waals surface area contributed by atoms with Gasteiger partial charge in [-0.25, -0.2) is 9.78 Å². The number of fused-ring (bicyclic) bond motifs is 1. The van der Waals surface area contributed by atoms with Crippen molar-refractivity contribution in [2.75, 3.05) is 5.32 Å². The Morgan fingerprint density at radius 2 is 2.07 bits per heavy atom. The molecule has 154 valence electrons. The highest BCUT2D eigenvalue weighted by molar-refractivity contribution is 6.30. The second kappa shape index (κ2) is 8.32. The van der Waals surface area contributed by atoms with E-state index in [-0.39, 0.29) is 17.2 Å². The van der Waals surface area contributed by atoms with Crippen LogP contribution in [0.2, 0.25) is 5.02 Å². The fourth-order valence-corrected chi connectivity index (χ4v) is 4.07. The van der Waals surface area contributed by atoms with E-state index in [2.05, 4.69) is 11.4 Å². The van der Waals surface area contributed by atoms with Crippen molar-refractivity contribution in [3.63, 3.8) is 0 Å². The number of benzene rings is 1. The van der Waals surface area contributed by atoms with Gasteiger partial charge in [-0.05, 0) is 56.4 Å². The Morgan fingerprint density at radius 1 is 1.27 bits per heavy atom. The molecule has 0 amide bonds. The van der Waals surface area contributed by atoms with Crippen molar-refractivity contribution in [1.29, 1.82) is 0 Å². The molecular formula is C23H22ClN3O3. The lowest BCUT2D eigenvalue weighted by Crippen LogP contribution is -2.19. The molecular weight excluding hydrogens is 402 g/mol. The minimum atomic E-state index is -1.01. The summed E-state index contributed by atoms with van der Waals surface area (Å²) in [5.41, 5.74) is 3.50. The summed E-state index contributed by atoms with van der Waals surface area (Å²) in [6.45, 7) is 1.89. The molecule has 0 saturated carbocycles. The number of halogens is 1. The Labute approximate surface area is 178 Å². The Kier molecular flexibility index (Phi) is 5.59. The number of nitrogens with zero attached hydrogens (tertiary/aromatic N) is 2. The van der Waals surface area contributed by atoms with Crippen LogP contribution in [0.4, 0.5) is 5.69 Å². The number of para-hydroxylation sites is 1. The number of hydrogen-bond acceptors (Lipinski definition) is 4. The van der Waals surface area contributed by atoms with Crippen molar-refractivity contribution < 1.29 is 9.90 Å². The minimum Gasteiger partial charge on any atom is -0.478 e. The number of aromatic nitrogens is 2. The molecule has 2 N–H and O–H groups in total. The van der Waals surface area contributed by atoms with E-state index < -0.39 is 5.97 Å². The fraction of sp³-hybridized carbons (Fsp3) is 0.261. The maximum absolute atomic E-state index is 12.8. The predicted octanol–water partition coefficient (Wildman–Crippen LogP) is 5.18. The van der Waals surface area contributed by atoms with Crippen LogP contribution in [0.3, 0.4) is 0 Å². The summed E-state index contributed by atoms with van der Waals surface area (Å²) in [5, 5.41) is 13.1. The molecule has 6 nitrogen and oxygen atoms in total. The first-order valence-electron chi connectivity index (χ1n) is 9.95. The van der Waals surface area contributed by atoms with Crippen molar-refractivity contribution in [2.45, 2.75) is 38.6 Å². The van der Waals surface area contributed by atoms with Crippen molar-refractivity contribution in [2.24, 2.45) is 0 Å². The second-order valence-electron chi connectivity index (χ2n) is 7.48. The van der Waals surface area contributed by atoms with Gasteiger partial charge in [0.1, 0.15) is 5.65 Å². The molecule has 2 heterocycles. The third-order valence-corrected chi connectivity index (χ3v) is 5.58. The van der Waals surface area contributed by atoms with Gasteiger partial charge in [-0.2, -0.15) is 0 Å². The van der Waals surface area contributed by atoms with Crippen molar-refractivity contribution >= 4 is 34.5 Å². The van der Waals surface area contributed by atoms with Crippen LogP contribution >= 0.6 is 11.6 Å². The Balaban J connectivity index is 1.81. The number of carboxylic acids is 1. The molecule has 1 aliphatic carbocycles. The van der Waals surface area contributed by atoms with Gasteiger partial charge in [-0.1, -0.05) is 29.8 Å². The number of carbonyl (C=O) groups is 1. The van der Waals surface area contributed by atoms with E-state index in [0.717, 1.165) is 36.8 Å². The highest BCUT2D eigenvalue weighted by Crippen LogP contribution is 2.29. The first-order valence-corrected chi connectivity index (χ1v) is 10.3. The number of carboxylic acid groups (broad SMARTS) is 1. The van der Waals surface area contributed by atoms with E-state index >= 15 is 0 Å². The Hall–Kier alpha value is -3.12. The molecule has 0 radical (unpaired) electrons. The van der Waals surface area contributed by atoms with Crippen LogP contribution < -0.4 is 10.9 Å². The molecule has 0 aliphatic heterocycles. The van der Waals surface area contributed by atoms with Crippen molar-refractivity contribution in [1.82, 2.24) is 9.38 Å². The van der Waals surface area contributed by atoms with Gasteiger partial charge in [0.2, 0.25) is 0 Å². The van der Waals surface area contributed by atoms with Crippen LogP contribution in [0.25, 0.3) is 11.2 Å². The molecule has 3 aromatic rings. The standard InChI is InChI=1S/C23H22ClN3O3/c1-14(25-19-10-6-5-9-17(19)23(29)30)18-11-16(24)13-27-21(28)12-20(26-22(18)27)15-7-3-2-4-8-15/h5-7,9-14,25H,2-4,8H2,1H3,(H,29,30)/t14-/m1/s1. The lowest BCUT2D eigenvalue weighted by Gasteiger charge is -2.20. The number of aromatic carboxylic acids is 1. The third kappa shape index (κ3) is 3.96. The monoisotopic (exact) mass is 423 g/mol. The molecule has 0 bridgehead atoms. The SMILES string of the molecule is C[C@@H](Nc1ccccc1C(=O)O)c1cc(Cl)cn2c(=O)cc(C3=CCCCC3)nc12. The highest BCUT2D eigenvalue weighted by atomic mass is 35.5. The van der Waals surface area contributed by atoms with E-state index in [1.54, 1.807) is 42.6 Å². The molecule has 1 atom stereocenters. The zero-order valence-electron chi connectivity index (χ0n) is 16.6. The zero-order chi connectivity index (χ0) is 21.3. The maximum Gasteiger partial charge on any atom is 0.337 e. The summed E-state index contributed by atoms with van der Waals surface area (Å²) in [6, 6.07) is 9.70. The number of pyridine rings is 1. The first-order chi connectivity index (χ1) is 14.4. The van der Waals surface area contributed by atoms with Gasteiger partial charge in [0.15, 0.2) is 0 Å². The fourth-order valence-electron chi connectivity index (χ4n) is 3.85. The van der Waals surface area contributed by atoms with Gasteiger partial charge < -0.3 is 10.4 Å². The largest absolute Gasteiger partial charge is 0.478 e. The molecule has 0 unspecified atom stereocenters. The molecule has 4 rings (SSSR count). The van der Waals surface area contributed by atoms with Crippen molar-refractivity contribution in [3.05, 3.63) is 80.9 Å². The van der Waals surface area contributed by atoms with Crippen LogP contribution in [0.15, 0.2) is 53.5 Å². The summed E-state index contributed by atoms with van der Waals surface area (Å²) >= 11 is 6.29. The molecule has 1 aromatic carbocycles. The normalized spacial score (nSPS) is 14.9. The summed E-state index contributed by atoms with van der Waals surface area (Å²) in [4.78, 5) is 29.2. The maximum atomic E-state index is 12.8. The van der Waals surface area contributed by atoms with Gasteiger partial charge in [-0.15, -0.1) is 0 Å². The van der Waals surface area contributed by atoms with Gasteiger partial charge in [0.05, 0.1) is 22.3 Å². The molecule has 2 aromatic heterocycles. The molecule has 30 heavy (non-hydrogen) atoms. The van der Waals surface area contributed by atoms with Crippen LogP contribution in [0.1, 0.15) is 60.3 Å². The predicted molar refractivity (Wildman–Crippen MR) is 118 cm³/mol. The summed E-state index contributed by atoms with van der Waals surface area (Å²) in [5.74, 6) is -1.01. The molecule has 0 fully saturated rings. The Bertz CT molecular complexity index is 1220. The van der Waals surface area contributed by atoms with Crippen LogP contribution in [-0.4, -0.2) is 20.5 Å². The average molecular weight is 424 g/mol. The van der Waals surface area contributed by atoms with Crippen LogP contribution in [0, 0.1) is 0 Å². The number of rotatable bonds is 5. The van der Waals surface area contributed by atoms with Crippen molar-refractivity contribution in [3.8, 4) is 0 Å². The van der Waals surface area contributed by atoms with Crippen LogP contribution in [0.5, 0.6) is 0 Å².